The maximum absolute atomic E-state index is 11.7. The van der Waals surface area contributed by atoms with Crippen molar-refractivity contribution in [3.05, 3.63) is 11.6 Å². The smallest absolute Gasteiger partial charge is 0.330 e. The summed E-state index contributed by atoms with van der Waals surface area (Å²) in [6.45, 7) is 1.48. The van der Waals surface area contributed by atoms with Crippen LogP contribution in [0.5, 0.6) is 0 Å². The van der Waals surface area contributed by atoms with Gasteiger partial charge in [0, 0.05) is 11.5 Å². The molecule has 112 valence electrons. The molecule has 4 heteroatoms. The highest BCUT2D eigenvalue weighted by Gasteiger charge is 2.36. The molecule has 0 radical (unpaired) electrons. The zero-order valence-electron chi connectivity index (χ0n) is 12.1. The van der Waals surface area contributed by atoms with Crippen LogP contribution in [0.15, 0.2) is 11.6 Å². The van der Waals surface area contributed by atoms with Crippen LogP contribution in [0.1, 0.15) is 58.3 Å². The molecule has 0 heterocycles. The molecular formula is C16H24O4. The summed E-state index contributed by atoms with van der Waals surface area (Å²) >= 11 is 0. The van der Waals surface area contributed by atoms with Crippen molar-refractivity contribution >= 4 is 18.5 Å². The molecule has 2 atom stereocenters. The maximum atomic E-state index is 11.7. The first-order valence-corrected chi connectivity index (χ1v) is 7.40. The fourth-order valence-corrected chi connectivity index (χ4v) is 2.98. The Labute approximate surface area is 120 Å². The Bertz CT molecular complexity index is 386. The average Bonchev–Trinajstić information content (AvgIpc) is 2.44. The zero-order valence-corrected chi connectivity index (χ0v) is 12.1. The summed E-state index contributed by atoms with van der Waals surface area (Å²) in [5.41, 5.74) is -0.803. The van der Waals surface area contributed by atoms with E-state index in [0.717, 1.165) is 44.7 Å². The molecule has 0 aromatic heterocycles. The van der Waals surface area contributed by atoms with Gasteiger partial charge in [0.25, 0.3) is 0 Å². The van der Waals surface area contributed by atoms with Crippen LogP contribution in [0.3, 0.4) is 0 Å². The monoisotopic (exact) mass is 280 g/mol. The Morgan fingerprint density at radius 2 is 1.70 bits per heavy atom. The first kappa shape index (κ1) is 16.6. The van der Waals surface area contributed by atoms with Gasteiger partial charge >= 0.3 is 5.97 Å². The molecule has 4 nitrogen and oxygen atoms in total. The number of hydrogen-bond acceptors (Lipinski definition) is 3. The molecule has 20 heavy (non-hydrogen) atoms. The third kappa shape index (κ3) is 4.29. The number of aliphatic carboxylic acids is 1. The van der Waals surface area contributed by atoms with Crippen molar-refractivity contribution in [3.63, 3.8) is 0 Å². The van der Waals surface area contributed by atoms with E-state index < -0.39 is 17.3 Å². The van der Waals surface area contributed by atoms with Crippen molar-refractivity contribution < 1.29 is 19.5 Å². The van der Waals surface area contributed by atoms with E-state index in [-0.39, 0.29) is 5.57 Å². The summed E-state index contributed by atoms with van der Waals surface area (Å²) in [7, 11) is 0. The number of carboxylic acids is 1. The minimum atomic E-state index is -1.03. The lowest BCUT2D eigenvalue weighted by Gasteiger charge is -2.31. The molecule has 0 spiro atoms. The van der Waals surface area contributed by atoms with Gasteiger partial charge in [-0.15, -0.1) is 0 Å². The van der Waals surface area contributed by atoms with Gasteiger partial charge in [0.1, 0.15) is 12.6 Å². The lowest BCUT2D eigenvalue weighted by atomic mass is 9.70. The largest absolute Gasteiger partial charge is 0.478 e. The van der Waals surface area contributed by atoms with Crippen LogP contribution in [-0.4, -0.2) is 23.6 Å². The fraction of sp³-hybridized carbons (Fsp3) is 0.688. The van der Waals surface area contributed by atoms with Crippen LogP contribution in [0.4, 0.5) is 0 Å². The van der Waals surface area contributed by atoms with Crippen molar-refractivity contribution in [1.82, 2.24) is 0 Å². The van der Waals surface area contributed by atoms with E-state index in [1.54, 1.807) is 0 Å². The van der Waals surface area contributed by atoms with Gasteiger partial charge < -0.3 is 14.7 Å². The van der Waals surface area contributed by atoms with Crippen molar-refractivity contribution in [2.75, 3.05) is 0 Å². The van der Waals surface area contributed by atoms with Crippen LogP contribution in [0, 0.1) is 11.3 Å². The third-order valence-electron chi connectivity index (χ3n) is 4.27. The number of carboxylic acid groups (broad SMARTS) is 1. The van der Waals surface area contributed by atoms with E-state index >= 15 is 0 Å². The normalized spacial score (nSPS) is 29.4. The highest BCUT2D eigenvalue weighted by molar-refractivity contribution is 5.87. The lowest BCUT2D eigenvalue weighted by molar-refractivity contribution is -0.132. The topological polar surface area (TPSA) is 71.4 Å². The maximum Gasteiger partial charge on any atom is 0.330 e. The third-order valence-corrected chi connectivity index (χ3v) is 4.27. The summed E-state index contributed by atoms with van der Waals surface area (Å²) in [4.78, 5) is 34.1. The number of allylic oxidation sites excluding steroid dienone is 1. The van der Waals surface area contributed by atoms with E-state index in [9.17, 15) is 14.4 Å². The summed E-state index contributed by atoms with van der Waals surface area (Å²) in [5.74, 6) is -1.44. The van der Waals surface area contributed by atoms with Gasteiger partial charge in [-0.2, -0.15) is 0 Å². The summed E-state index contributed by atoms with van der Waals surface area (Å²) in [6.07, 6.45) is 10.5. The van der Waals surface area contributed by atoms with Crippen molar-refractivity contribution in [1.29, 1.82) is 0 Å². The van der Waals surface area contributed by atoms with E-state index in [2.05, 4.69) is 0 Å². The first-order chi connectivity index (χ1) is 9.55. The Balaban J connectivity index is 3.09. The number of hydrogen-bond donors (Lipinski definition) is 1. The molecule has 1 rings (SSSR count). The van der Waals surface area contributed by atoms with Crippen LogP contribution in [0.2, 0.25) is 0 Å². The second-order valence-corrected chi connectivity index (χ2v) is 5.77. The molecule has 0 aliphatic heterocycles. The standard InChI is InChI=1S/C16H24O4/c1-13(15(19)20)10-16(12-18)9-7-5-3-2-4-6-8-14(16)11-17/h10-12,14H,2-9H2,1H3,(H,19,20). The molecule has 1 fully saturated rings. The summed E-state index contributed by atoms with van der Waals surface area (Å²) in [5, 5.41) is 9.04. The van der Waals surface area contributed by atoms with Gasteiger partial charge in [-0.25, -0.2) is 4.79 Å². The highest BCUT2D eigenvalue weighted by atomic mass is 16.4. The molecule has 0 aromatic carbocycles. The molecule has 1 aliphatic carbocycles. The zero-order chi connectivity index (χ0) is 15.0. The summed E-state index contributed by atoms with van der Waals surface area (Å²) < 4.78 is 0. The van der Waals surface area contributed by atoms with Crippen LogP contribution < -0.4 is 0 Å². The van der Waals surface area contributed by atoms with Gasteiger partial charge in [0.05, 0.1) is 5.41 Å². The van der Waals surface area contributed by atoms with Crippen LogP contribution in [-0.2, 0) is 14.4 Å². The molecule has 0 bridgehead atoms. The highest BCUT2D eigenvalue weighted by Crippen LogP contribution is 2.37. The quantitative estimate of drug-likeness (QED) is 0.634. The Hall–Kier alpha value is -1.45. The van der Waals surface area contributed by atoms with Crippen LogP contribution in [0.25, 0.3) is 0 Å². The number of carbonyl (C=O) groups is 3. The second kappa shape index (κ2) is 7.98. The molecule has 1 saturated carbocycles. The molecular weight excluding hydrogens is 256 g/mol. The fourth-order valence-electron chi connectivity index (χ4n) is 2.98. The van der Waals surface area contributed by atoms with Gasteiger partial charge in [-0.3, -0.25) is 0 Å². The minimum absolute atomic E-state index is 0.140. The van der Waals surface area contributed by atoms with E-state index in [1.165, 1.54) is 19.4 Å². The minimum Gasteiger partial charge on any atom is -0.478 e. The van der Waals surface area contributed by atoms with Gasteiger partial charge in [0.15, 0.2) is 0 Å². The summed E-state index contributed by atoms with van der Waals surface area (Å²) in [6, 6.07) is 0. The number of carbonyl (C=O) groups excluding carboxylic acids is 2. The predicted octanol–water partition coefficient (Wildman–Crippen LogP) is 3.15. The Morgan fingerprint density at radius 1 is 1.10 bits per heavy atom. The van der Waals surface area contributed by atoms with E-state index in [0.29, 0.717) is 12.8 Å². The first-order valence-electron chi connectivity index (χ1n) is 7.40. The Morgan fingerprint density at radius 3 is 2.25 bits per heavy atom. The van der Waals surface area contributed by atoms with Gasteiger partial charge in [-0.1, -0.05) is 44.6 Å². The molecule has 1 N–H and O–H groups in total. The number of rotatable bonds is 4. The molecule has 0 aromatic rings. The molecule has 0 amide bonds. The molecule has 0 saturated heterocycles. The Kier molecular flexibility index (Phi) is 6.62. The van der Waals surface area contributed by atoms with Gasteiger partial charge in [-0.05, 0) is 19.8 Å². The van der Waals surface area contributed by atoms with Crippen LogP contribution >= 0.6 is 0 Å². The van der Waals surface area contributed by atoms with Crippen molar-refractivity contribution in [2.45, 2.75) is 58.3 Å². The van der Waals surface area contributed by atoms with Crippen molar-refractivity contribution in [2.24, 2.45) is 11.3 Å². The predicted molar refractivity (Wildman–Crippen MR) is 76.4 cm³/mol. The van der Waals surface area contributed by atoms with E-state index in [1.807, 2.05) is 0 Å². The second-order valence-electron chi connectivity index (χ2n) is 5.77. The van der Waals surface area contributed by atoms with Crippen molar-refractivity contribution in [3.8, 4) is 0 Å². The lowest BCUT2D eigenvalue weighted by Crippen LogP contribution is -2.33. The SMILES string of the molecule is CC(=CC1(C=O)CCCCCCCCC1C=O)C(=O)O. The molecule has 1 aliphatic rings. The average molecular weight is 280 g/mol. The van der Waals surface area contributed by atoms with Gasteiger partial charge in [0.2, 0.25) is 0 Å². The molecule has 2 unspecified atom stereocenters. The van der Waals surface area contributed by atoms with E-state index in [4.69, 9.17) is 5.11 Å². The number of aldehydes is 2.